The van der Waals surface area contributed by atoms with Crippen molar-refractivity contribution in [3.8, 4) is 0 Å². The first-order chi connectivity index (χ1) is 9.12. The first kappa shape index (κ1) is 14.3. The molecule has 0 aliphatic carbocycles. The normalized spacial score (nSPS) is 11.8. The summed E-state index contributed by atoms with van der Waals surface area (Å²) in [5.41, 5.74) is 0. The standard InChI is InChI=1S/C12H16N2O3S2/c1-2-13-8-11-6-12(9-18-11)19(15,16)14-7-10-4-3-5-17-10/h3-6,9,13-14H,2,7-8H2,1H3. The molecule has 19 heavy (non-hydrogen) atoms. The van der Waals surface area contributed by atoms with E-state index in [1.165, 1.54) is 17.6 Å². The van der Waals surface area contributed by atoms with E-state index in [0.29, 0.717) is 17.2 Å². The largest absolute Gasteiger partial charge is 0.468 e. The Morgan fingerprint density at radius 2 is 2.21 bits per heavy atom. The second kappa shape index (κ2) is 6.33. The zero-order chi connectivity index (χ0) is 13.7. The van der Waals surface area contributed by atoms with Crippen LogP contribution in [-0.2, 0) is 23.1 Å². The van der Waals surface area contributed by atoms with Crippen LogP contribution in [0.2, 0.25) is 0 Å². The summed E-state index contributed by atoms with van der Waals surface area (Å²) in [7, 11) is -3.47. The molecule has 2 heterocycles. The van der Waals surface area contributed by atoms with Crippen molar-refractivity contribution in [1.82, 2.24) is 10.0 Å². The maximum Gasteiger partial charge on any atom is 0.241 e. The van der Waals surface area contributed by atoms with Crippen molar-refractivity contribution in [2.45, 2.75) is 24.9 Å². The number of furan rings is 1. The van der Waals surface area contributed by atoms with Gasteiger partial charge in [0.25, 0.3) is 0 Å². The van der Waals surface area contributed by atoms with Gasteiger partial charge in [-0.05, 0) is 24.7 Å². The third-order valence-corrected chi connectivity index (χ3v) is 4.97. The summed E-state index contributed by atoms with van der Waals surface area (Å²) in [5.74, 6) is 0.590. The molecular formula is C12H16N2O3S2. The Labute approximate surface area is 116 Å². The molecule has 0 aromatic carbocycles. The lowest BCUT2D eigenvalue weighted by Crippen LogP contribution is -2.22. The molecule has 2 aromatic heterocycles. The maximum absolute atomic E-state index is 12.0. The number of thiophene rings is 1. The Morgan fingerprint density at radius 3 is 2.89 bits per heavy atom. The van der Waals surface area contributed by atoms with E-state index in [1.54, 1.807) is 23.6 Å². The number of sulfonamides is 1. The van der Waals surface area contributed by atoms with Crippen molar-refractivity contribution in [3.05, 3.63) is 40.5 Å². The molecule has 0 radical (unpaired) electrons. The minimum atomic E-state index is -3.47. The first-order valence-corrected chi connectivity index (χ1v) is 8.28. The summed E-state index contributed by atoms with van der Waals surface area (Å²) in [6.07, 6.45) is 1.52. The van der Waals surface area contributed by atoms with Crippen LogP contribution in [0.1, 0.15) is 17.6 Å². The second-order valence-electron chi connectivity index (χ2n) is 3.93. The fraction of sp³-hybridized carbons (Fsp3) is 0.333. The van der Waals surface area contributed by atoms with Crippen molar-refractivity contribution >= 4 is 21.4 Å². The number of rotatable bonds is 7. The van der Waals surface area contributed by atoms with Gasteiger partial charge in [0.15, 0.2) is 0 Å². The third-order valence-electron chi connectivity index (χ3n) is 2.51. The zero-order valence-electron chi connectivity index (χ0n) is 10.5. The molecular weight excluding hydrogens is 284 g/mol. The van der Waals surface area contributed by atoms with E-state index in [0.717, 1.165) is 11.4 Å². The molecule has 2 N–H and O–H groups in total. The lowest BCUT2D eigenvalue weighted by Gasteiger charge is -2.02. The van der Waals surface area contributed by atoms with Gasteiger partial charge in [-0.3, -0.25) is 0 Å². The molecule has 0 unspecified atom stereocenters. The van der Waals surface area contributed by atoms with Crippen molar-refractivity contribution in [2.24, 2.45) is 0 Å². The van der Waals surface area contributed by atoms with Crippen LogP contribution in [0.15, 0.2) is 39.2 Å². The van der Waals surface area contributed by atoms with Crippen LogP contribution in [0.5, 0.6) is 0 Å². The van der Waals surface area contributed by atoms with Crippen LogP contribution >= 0.6 is 11.3 Å². The molecule has 0 saturated carbocycles. The van der Waals surface area contributed by atoms with E-state index in [4.69, 9.17) is 4.42 Å². The van der Waals surface area contributed by atoms with E-state index in [9.17, 15) is 8.42 Å². The average Bonchev–Trinajstić information content (AvgIpc) is 3.05. The SMILES string of the molecule is CCNCc1cc(S(=O)(=O)NCc2ccco2)cs1. The van der Waals surface area contributed by atoms with Crippen LogP contribution < -0.4 is 10.0 Å². The van der Waals surface area contributed by atoms with Gasteiger partial charge < -0.3 is 9.73 Å². The topological polar surface area (TPSA) is 71.3 Å². The van der Waals surface area contributed by atoms with Gasteiger partial charge in [-0.2, -0.15) is 0 Å². The van der Waals surface area contributed by atoms with E-state index in [-0.39, 0.29) is 6.54 Å². The van der Waals surface area contributed by atoms with E-state index in [2.05, 4.69) is 10.0 Å². The number of hydrogen-bond acceptors (Lipinski definition) is 5. The highest BCUT2D eigenvalue weighted by Crippen LogP contribution is 2.19. The number of hydrogen-bond donors (Lipinski definition) is 2. The third kappa shape index (κ3) is 3.90. The highest BCUT2D eigenvalue weighted by Gasteiger charge is 2.16. The fourth-order valence-electron chi connectivity index (χ4n) is 1.50. The van der Waals surface area contributed by atoms with Gasteiger partial charge in [0.2, 0.25) is 10.0 Å². The average molecular weight is 300 g/mol. The van der Waals surface area contributed by atoms with Crippen LogP contribution in [0.4, 0.5) is 0 Å². The fourth-order valence-corrected chi connectivity index (χ4v) is 3.74. The molecule has 0 fully saturated rings. The summed E-state index contributed by atoms with van der Waals surface area (Å²) in [6, 6.07) is 5.15. The Hall–Kier alpha value is -1.15. The molecule has 2 aromatic rings. The molecule has 0 spiro atoms. The predicted molar refractivity (Wildman–Crippen MR) is 74.4 cm³/mol. The molecule has 0 bridgehead atoms. The maximum atomic E-state index is 12.0. The minimum Gasteiger partial charge on any atom is -0.468 e. The molecule has 0 saturated heterocycles. The molecule has 5 nitrogen and oxygen atoms in total. The van der Waals surface area contributed by atoms with Crippen molar-refractivity contribution < 1.29 is 12.8 Å². The van der Waals surface area contributed by atoms with Crippen LogP contribution in [0.3, 0.4) is 0 Å². The summed E-state index contributed by atoms with van der Waals surface area (Å²) in [6.45, 7) is 3.72. The summed E-state index contributed by atoms with van der Waals surface area (Å²) in [4.78, 5) is 1.30. The van der Waals surface area contributed by atoms with Crippen LogP contribution in [-0.4, -0.2) is 15.0 Å². The predicted octanol–water partition coefficient (Wildman–Crippen LogP) is 1.93. The minimum absolute atomic E-state index is 0.160. The monoisotopic (exact) mass is 300 g/mol. The van der Waals surface area contributed by atoms with Gasteiger partial charge in [0, 0.05) is 16.8 Å². The summed E-state index contributed by atoms with van der Waals surface area (Å²) >= 11 is 1.43. The van der Waals surface area contributed by atoms with Gasteiger partial charge in [-0.25, -0.2) is 13.1 Å². The van der Waals surface area contributed by atoms with Crippen molar-refractivity contribution in [2.75, 3.05) is 6.54 Å². The molecule has 0 aliphatic rings. The van der Waals surface area contributed by atoms with E-state index in [1.807, 2.05) is 6.92 Å². The lowest BCUT2D eigenvalue weighted by molar-refractivity contribution is 0.498. The Bertz CT molecular complexity index is 603. The molecule has 104 valence electrons. The Morgan fingerprint density at radius 1 is 1.37 bits per heavy atom. The summed E-state index contributed by atoms with van der Waals surface area (Å²) < 4.78 is 31.7. The quantitative estimate of drug-likeness (QED) is 0.819. The van der Waals surface area contributed by atoms with Crippen molar-refractivity contribution in [1.29, 1.82) is 0 Å². The highest BCUT2D eigenvalue weighted by atomic mass is 32.2. The summed E-state index contributed by atoms with van der Waals surface area (Å²) in [5, 5.41) is 4.81. The van der Waals surface area contributed by atoms with Gasteiger partial charge in [0.1, 0.15) is 5.76 Å². The second-order valence-corrected chi connectivity index (χ2v) is 6.70. The highest BCUT2D eigenvalue weighted by molar-refractivity contribution is 7.89. The first-order valence-electron chi connectivity index (χ1n) is 5.92. The van der Waals surface area contributed by atoms with E-state index < -0.39 is 10.0 Å². The lowest BCUT2D eigenvalue weighted by atomic mass is 10.4. The molecule has 0 amide bonds. The number of nitrogens with one attached hydrogen (secondary N) is 2. The molecule has 2 rings (SSSR count). The smallest absolute Gasteiger partial charge is 0.241 e. The molecule has 7 heteroatoms. The van der Waals surface area contributed by atoms with E-state index >= 15 is 0 Å². The van der Waals surface area contributed by atoms with Gasteiger partial charge >= 0.3 is 0 Å². The Balaban J connectivity index is 2.00. The van der Waals surface area contributed by atoms with Crippen molar-refractivity contribution in [3.63, 3.8) is 0 Å². The van der Waals surface area contributed by atoms with Gasteiger partial charge in [-0.1, -0.05) is 6.92 Å². The van der Waals surface area contributed by atoms with Crippen LogP contribution in [0.25, 0.3) is 0 Å². The molecule has 0 aliphatic heterocycles. The Kier molecular flexibility index (Phi) is 4.76. The van der Waals surface area contributed by atoms with Gasteiger partial charge in [-0.15, -0.1) is 11.3 Å². The van der Waals surface area contributed by atoms with Gasteiger partial charge in [0.05, 0.1) is 17.7 Å². The molecule has 0 atom stereocenters. The zero-order valence-corrected chi connectivity index (χ0v) is 12.2. The van der Waals surface area contributed by atoms with Crippen LogP contribution in [0, 0.1) is 0 Å².